The van der Waals surface area contributed by atoms with Gasteiger partial charge in [-0.15, -0.1) is 0 Å². The first-order valence-corrected chi connectivity index (χ1v) is 6.87. The molecule has 110 valence electrons. The second kappa shape index (κ2) is 5.19. The Labute approximate surface area is 121 Å². The van der Waals surface area contributed by atoms with Gasteiger partial charge in [-0.05, 0) is 47.6 Å². The highest BCUT2D eigenvalue weighted by Crippen LogP contribution is 2.38. The maximum Gasteiger partial charge on any atom is 0.416 e. The maximum atomic E-state index is 12.5. The van der Waals surface area contributed by atoms with Crippen LogP contribution in [0.1, 0.15) is 28.4 Å². The SMILES string of the molecule is OC1c2ccccc2CC1Cc1ccc(C(F)(F)F)cc1. The highest BCUT2D eigenvalue weighted by Gasteiger charge is 2.32. The topological polar surface area (TPSA) is 20.2 Å². The molecule has 1 nitrogen and oxygen atoms in total. The molecule has 0 spiro atoms. The molecule has 4 heteroatoms. The van der Waals surface area contributed by atoms with Crippen molar-refractivity contribution in [3.05, 3.63) is 70.8 Å². The van der Waals surface area contributed by atoms with E-state index < -0.39 is 17.8 Å². The van der Waals surface area contributed by atoms with Crippen LogP contribution in [0.3, 0.4) is 0 Å². The van der Waals surface area contributed by atoms with Gasteiger partial charge in [-0.25, -0.2) is 0 Å². The van der Waals surface area contributed by atoms with Gasteiger partial charge in [0.2, 0.25) is 0 Å². The number of fused-ring (bicyclic) bond motifs is 1. The van der Waals surface area contributed by atoms with Crippen LogP contribution >= 0.6 is 0 Å². The van der Waals surface area contributed by atoms with E-state index in [1.807, 2.05) is 24.3 Å². The fraction of sp³-hybridized carbons (Fsp3) is 0.294. The third-order valence-corrected chi connectivity index (χ3v) is 4.08. The third kappa shape index (κ3) is 2.81. The van der Waals surface area contributed by atoms with E-state index in [0.29, 0.717) is 6.42 Å². The number of rotatable bonds is 2. The molecule has 21 heavy (non-hydrogen) atoms. The van der Waals surface area contributed by atoms with Crippen LogP contribution in [0.2, 0.25) is 0 Å². The molecule has 0 saturated carbocycles. The van der Waals surface area contributed by atoms with E-state index in [1.165, 1.54) is 12.1 Å². The highest BCUT2D eigenvalue weighted by atomic mass is 19.4. The first-order chi connectivity index (χ1) is 9.95. The van der Waals surface area contributed by atoms with Crippen LogP contribution in [0.15, 0.2) is 48.5 Å². The lowest BCUT2D eigenvalue weighted by atomic mass is 9.94. The number of aliphatic hydroxyl groups excluding tert-OH is 1. The zero-order chi connectivity index (χ0) is 15.0. The van der Waals surface area contributed by atoms with Gasteiger partial charge in [0, 0.05) is 0 Å². The minimum Gasteiger partial charge on any atom is -0.388 e. The van der Waals surface area contributed by atoms with Crippen molar-refractivity contribution in [3.8, 4) is 0 Å². The quantitative estimate of drug-likeness (QED) is 0.881. The van der Waals surface area contributed by atoms with E-state index >= 15 is 0 Å². The smallest absolute Gasteiger partial charge is 0.388 e. The Kier molecular flexibility index (Phi) is 3.49. The number of hydrogen-bond acceptors (Lipinski definition) is 1. The summed E-state index contributed by atoms with van der Waals surface area (Å²) in [6, 6.07) is 12.9. The maximum absolute atomic E-state index is 12.5. The predicted octanol–water partition coefficient (Wildman–Crippen LogP) is 4.15. The van der Waals surface area contributed by atoms with Crippen molar-refractivity contribution in [1.82, 2.24) is 0 Å². The summed E-state index contributed by atoms with van der Waals surface area (Å²) in [7, 11) is 0. The largest absolute Gasteiger partial charge is 0.416 e. The number of alkyl halides is 3. The number of benzene rings is 2. The van der Waals surface area contributed by atoms with Crippen LogP contribution in [-0.4, -0.2) is 5.11 Å². The monoisotopic (exact) mass is 292 g/mol. The standard InChI is InChI=1S/C17H15F3O/c18-17(19,20)14-7-5-11(6-8-14)9-13-10-12-3-1-2-4-15(12)16(13)21/h1-8,13,16,21H,9-10H2. The van der Waals surface area contributed by atoms with Crippen LogP contribution in [-0.2, 0) is 19.0 Å². The number of aliphatic hydroxyl groups is 1. The van der Waals surface area contributed by atoms with Crippen LogP contribution in [0.5, 0.6) is 0 Å². The summed E-state index contributed by atoms with van der Waals surface area (Å²) >= 11 is 0. The minimum absolute atomic E-state index is 0.0270. The van der Waals surface area contributed by atoms with Crippen molar-refractivity contribution in [3.63, 3.8) is 0 Å². The fourth-order valence-corrected chi connectivity index (χ4v) is 2.97. The van der Waals surface area contributed by atoms with Gasteiger partial charge >= 0.3 is 6.18 Å². The molecule has 1 N–H and O–H groups in total. The van der Waals surface area contributed by atoms with Gasteiger partial charge in [0.05, 0.1) is 11.7 Å². The summed E-state index contributed by atoms with van der Waals surface area (Å²) in [5.74, 6) is 0.0270. The van der Waals surface area contributed by atoms with E-state index in [4.69, 9.17) is 0 Å². The molecule has 3 rings (SSSR count). The summed E-state index contributed by atoms with van der Waals surface area (Å²) < 4.78 is 37.6. The molecule has 0 bridgehead atoms. The summed E-state index contributed by atoms with van der Waals surface area (Å²) in [6.45, 7) is 0. The van der Waals surface area contributed by atoms with Gasteiger partial charge < -0.3 is 5.11 Å². The van der Waals surface area contributed by atoms with E-state index in [1.54, 1.807) is 0 Å². The number of halogens is 3. The molecule has 0 fully saturated rings. The number of hydrogen-bond donors (Lipinski definition) is 1. The summed E-state index contributed by atoms with van der Waals surface area (Å²) in [5, 5.41) is 10.3. The average molecular weight is 292 g/mol. The first kappa shape index (κ1) is 14.1. The second-order valence-corrected chi connectivity index (χ2v) is 5.51. The van der Waals surface area contributed by atoms with Crippen LogP contribution in [0.25, 0.3) is 0 Å². The Morgan fingerprint density at radius 3 is 2.29 bits per heavy atom. The molecule has 2 aromatic carbocycles. The zero-order valence-electron chi connectivity index (χ0n) is 11.3. The van der Waals surface area contributed by atoms with Crippen LogP contribution < -0.4 is 0 Å². The molecule has 2 unspecified atom stereocenters. The lowest BCUT2D eigenvalue weighted by molar-refractivity contribution is -0.137. The van der Waals surface area contributed by atoms with E-state index in [2.05, 4.69) is 0 Å². The predicted molar refractivity (Wildman–Crippen MR) is 73.7 cm³/mol. The van der Waals surface area contributed by atoms with Gasteiger partial charge in [-0.3, -0.25) is 0 Å². The molecular weight excluding hydrogens is 277 g/mol. The molecule has 0 aliphatic heterocycles. The van der Waals surface area contributed by atoms with Crippen LogP contribution in [0, 0.1) is 5.92 Å². The Balaban J connectivity index is 1.74. The molecule has 0 saturated heterocycles. The summed E-state index contributed by atoms with van der Waals surface area (Å²) in [5.41, 5.74) is 2.25. The molecule has 0 aromatic heterocycles. The van der Waals surface area contributed by atoms with Crippen LogP contribution in [0.4, 0.5) is 13.2 Å². The normalized spacial score (nSPS) is 21.3. The first-order valence-electron chi connectivity index (χ1n) is 6.87. The highest BCUT2D eigenvalue weighted by molar-refractivity contribution is 5.35. The third-order valence-electron chi connectivity index (χ3n) is 4.08. The van der Waals surface area contributed by atoms with Crippen molar-refractivity contribution in [1.29, 1.82) is 0 Å². The lowest BCUT2D eigenvalue weighted by Gasteiger charge is -2.15. The van der Waals surface area contributed by atoms with Crippen molar-refractivity contribution in [2.75, 3.05) is 0 Å². The molecular formula is C17H15F3O. The summed E-state index contributed by atoms with van der Waals surface area (Å²) in [6.07, 6.45) is -3.50. The van der Waals surface area contributed by atoms with Crippen molar-refractivity contribution in [2.45, 2.75) is 25.1 Å². The van der Waals surface area contributed by atoms with Gasteiger partial charge in [0.1, 0.15) is 0 Å². The van der Waals surface area contributed by atoms with Crippen molar-refractivity contribution >= 4 is 0 Å². The second-order valence-electron chi connectivity index (χ2n) is 5.51. The van der Waals surface area contributed by atoms with Gasteiger partial charge in [0.15, 0.2) is 0 Å². The molecule has 1 aliphatic carbocycles. The Bertz CT molecular complexity index is 631. The van der Waals surface area contributed by atoms with Crippen molar-refractivity contribution < 1.29 is 18.3 Å². The van der Waals surface area contributed by atoms with E-state index in [9.17, 15) is 18.3 Å². The van der Waals surface area contributed by atoms with Gasteiger partial charge in [-0.2, -0.15) is 13.2 Å². The van der Waals surface area contributed by atoms with Crippen molar-refractivity contribution in [2.24, 2.45) is 5.92 Å². The molecule has 2 atom stereocenters. The molecule has 0 amide bonds. The molecule has 0 radical (unpaired) electrons. The fourth-order valence-electron chi connectivity index (χ4n) is 2.97. The van der Waals surface area contributed by atoms with Gasteiger partial charge in [0.25, 0.3) is 0 Å². The Morgan fingerprint density at radius 1 is 1.00 bits per heavy atom. The summed E-state index contributed by atoms with van der Waals surface area (Å²) in [4.78, 5) is 0. The lowest BCUT2D eigenvalue weighted by Crippen LogP contribution is -2.11. The Morgan fingerprint density at radius 2 is 1.67 bits per heavy atom. The van der Waals surface area contributed by atoms with E-state index in [0.717, 1.165) is 35.2 Å². The van der Waals surface area contributed by atoms with Gasteiger partial charge in [-0.1, -0.05) is 36.4 Å². The average Bonchev–Trinajstić information content (AvgIpc) is 2.76. The minimum atomic E-state index is -4.30. The Hall–Kier alpha value is -1.81. The molecule has 2 aromatic rings. The zero-order valence-corrected chi connectivity index (χ0v) is 11.3. The van der Waals surface area contributed by atoms with E-state index in [-0.39, 0.29) is 5.92 Å². The molecule has 0 heterocycles. The molecule has 1 aliphatic rings.